The second kappa shape index (κ2) is 7.33. The molecule has 118 valence electrons. The van der Waals surface area contributed by atoms with Crippen LogP contribution in [0.2, 0.25) is 0 Å². The Bertz CT molecular complexity index is 643. The highest BCUT2D eigenvalue weighted by Gasteiger charge is 2.29. The van der Waals surface area contributed by atoms with Gasteiger partial charge in [-0.1, -0.05) is 13.0 Å². The van der Waals surface area contributed by atoms with E-state index in [1.807, 2.05) is 31.2 Å². The number of thioether (sulfide) groups is 1. The van der Waals surface area contributed by atoms with Gasteiger partial charge in [0, 0.05) is 14.1 Å². The van der Waals surface area contributed by atoms with Gasteiger partial charge >= 0.3 is 0 Å². The predicted octanol–water partition coefficient (Wildman–Crippen LogP) is 4.16. The van der Waals surface area contributed by atoms with Crippen molar-refractivity contribution in [3.63, 3.8) is 0 Å². The summed E-state index contributed by atoms with van der Waals surface area (Å²) < 4.78 is 6.71. The van der Waals surface area contributed by atoms with Crippen molar-refractivity contribution in [2.75, 3.05) is 14.1 Å². The number of carbonyl (C=O) groups excluding carboxylic acids is 1. The third kappa shape index (κ3) is 3.73. The molecule has 1 heterocycles. The van der Waals surface area contributed by atoms with Gasteiger partial charge in [-0.15, -0.1) is 0 Å². The maximum Gasteiger partial charge on any atom is 0.266 e. The van der Waals surface area contributed by atoms with Crippen LogP contribution in [0, 0.1) is 0 Å². The van der Waals surface area contributed by atoms with Crippen LogP contribution in [-0.4, -0.2) is 36.2 Å². The zero-order chi connectivity index (χ0) is 16.3. The molecule has 2 rings (SSSR count). The number of ether oxygens (including phenoxy) is 1. The number of aliphatic imine (C=N–C) groups is 1. The Morgan fingerprint density at radius 3 is 2.77 bits per heavy atom. The Balaban J connectivity index is 2.23. The summed E-state index contributed by atoms with van der Waals surface area (Å²) in [5.74, 6) is 0.788. The number of halogens is 1. The molecule has 1 aromatic rings. The quantitative estimate of drug-likeness (QED) is 0.734. The van der Waals surface area contributed by atoms with Crippen LogP contribution in [0.5, 0.6) is 5.75 Å². The van der Waals surface area contributed by atoms with Crippen molar-refractivity contribution in [1.29, 1.82) is 0 Å². The SMILES string of the molecule is CC[C@@H](C)Oc1ccc(/C=C2\SC(=NC)N(C)C2=O)cc1Br. The highest BCUT2D eigenvalue weighted by Crippen LogP contribution is 2.33. The summed E-state index contributed by atoms with van der Waals surface area (Å²) in [5.41, 5.74) is 0.949. The van der Waals surface area contributed by atoms with Crippen LogP contribution in [0.4, 0.5) is 0 Å². The average Bonchev–Trinajstić information content (AvgIpc) is 2.77. The zero-order valence-electron chi connectivity index (χ0n) is 13.1. The lowest BCUT2D eigenvalue weighted by Crippen LogP contribution is -2.23. The van der Waals surface area contributed by atoms with E-state index in [4.69, 9.17) is 4.74 Å². The summed E-state index contributed by atoms with van der Waals surface area (Å²) in [6.07, 6.45) is 3.00. The first-order chi connectivity index (χ1) is 10.5. The van der Waals surface area contributed by atoms with Gasteiger partial charge in [0.15, 0.2) is 5.17 Å². The summed E-state index contributed by atoms with van der Waals surface area (Å²) >= 11 is 4.91. The molecule has 6 heteroatoms. The third-order valence-corrected chi connectivity index (χ3v) is 5.12. The fourth-order valence-corrected chi connectivity index (χ4v) is 3.32. The molecule has 0 spiro atoms. The van der Waals surface area contributed by atoms with Crippen molar-refractivity contribution >= 4 is 44.8 Å². The van der Waals surface area contributed by atoms with Gasteiger partial charge in [0.25, 0.3) is 5.91 Å². The standard InChI is InChI=1S/C16H19BrN2O2S/c1-5-10(2)21-13-7-6-11(8-12(13)17)9-14-15(20)19(4)16(18-3)22-14/h6-10H,5H2,1-4H3/b14-9-,18-16?/t10-/m1/s1. The normalized spacial score (nSPS) is 20.0. The van der Waals surface area contributed by atoms with E-state index in [1.54, 1.807) is 19.0 Å². The van der Waals surface area contributed by atoms with Crippen LogP contribution >= 0.6 is 27.7 Å². The van der Waals surface area contributed by atoms with Crippen LogP contribution in [0.3, 0.4) is 0 Å². The zero-order valence-corrected chi connectivity index (χ0v) is 15.5. The molecule has 0 bridgehead atoms. The molecule has 0 aromatic heterocycles. The van der Waals surface area contributed by atoms with Gasteiger partial charge in [0.1, 0.15) is 5.75 Å². The van der Waals surface area contributed by atoms with E-state index in [2.05, 4.69) is 27.8 Å². The summed E-state index contributed by atoms with van der Waals surface area (Å²) in [7, 11) is 3.42. The van der Waals surface area contributed by atoms with E-state index in [0.717, 1.165) is 22.2 Å². The smallest absolute Gasteiger partial charge is 0.266 e. The first-order valence-corrected chi connectivity index (χ1v) is 8.67. The van der Waals surface area contributed by atoms with E-state index in [0.29, 0.717) is 10.1 Å². The minimum atomic E-state index is -0.0262. The maximum absolute atomic E-state index is 12.1. The van der Waals surface area contributed by atoms with Crippen molar-refractivity contribution < 1.29 is 9.53 Å². The van der Waals surface area contributed by atoms with Gasteiger partial charge < -0.3 is 4.74 Å². The molecule has 1 fully saturated rings. The molecule has 22 heavy (non-hydrogen) atoms. The topological polar surface area (TPSA) is 41.9 Å². The molecule has 0 saturated carbocycles. The molecule has 1 saturated heterocycles. The molecule has 1 aliphatic heterocycles. The number of hydrogen-bond donors (Lipinski definition) is 0. The van der Waals surface area contributed by atoms with E-state index in [-0.39, 0.29) is 12.0 Å². The summed E-state index contributed by atoms with van der Waals surface area (Å²) in [6.45, 7) is 4.13. The van der Waals surface area contributed by atoms with Gasteiger partial charge in [-0.2, -0.15) is 0 Å². The Labute approximate surface area is 143 Å². The predicted molar refractivity (Wildman–Crippen MR) is 96.2 cm³/mol. The minimum Gasteiger partial charge on any atom is -0.490 e. The van der Waals surface area contributed by atoms with Crippen LogP contribution in [-0.2, 0) is 4.79 Å². The molecule has 0 unspecified atom stereocenters. The average molecular weight is 383 g/mol. The Hall–Kier alpha value is -1.27. The molecule has 1 amide bonds. The Morgan fingerprint density at radius 1 is 1.50 bits per heavy atom. The lowest BCUT2D eigenvalue weighted by atomic mass is 10.2. The van der Waals surface area contributed by atoms with Gasteiger partial charge in [0.05, 0.1) is 15.5 Å². The van der Waals surface area contributed by atoms with Crippen LogP contribution in [0.25, 0.3) is 6.08 Å². The van der Waals surface area contributed by atoms with Gasteiger partial charge in [-0.05, 0) is 64.8 Å². The van der Waals surface area contributed by atoms with Crippen LogP contribution in [0.1, 0.15) is 25.8 Å². The number of benzene rings is 1. The highest BCUT2D eigenvalue weighted by atomic mass is 79.9. The number of likely N-dealkylation sites (N-methyl/N-ethyl adjacent to an activating group) is 1. The van der Waals surface area contributed by atoms with Crippen LogP contribution in [0.15, 0.2) is 32.6 Å². The Kier molecular flexibility index (Phi) is 5.69. The third-order valence-electron chi connectivity index (χ3n) is 3.35. The van der Waals surface area contributed by atoms with Crippen molar-refractivity contribution in [3.05, 3.63) is 33.1 Å². The lowest BCUT2D eigenvalue weighted by molar-refractivity contribution is -0.121. The number of carbonyl (C=O) groups is 1. The van der Waals surface area contributed by atoms with E-state index < -0.39 is 0 Å². The van der Waals surface area contributed by atoms with Gasteiger partial charge in [-0.3, -0.25) is 14.7 Å². The number of amides is 1. The second-order valence-electron chi connectivity index (χ2n) is 5.01. The number of nitrogens with zero attached hydrogens (tertiary/aromatic N) is 2. The summed E-state index contributed by atoms with van der Waals surface area (Å²) in [4.78, 5) is 18.5. The molecular formula is C16H19BrN2O2S. The molecule has 1 aromatic carbocycles. The molecule has 1 atom stereocenters. The van der Waals surface area contributed by atoms with E-state index in [1.165, 1.54) is 11.8 Å². The van der Waals surface area contributed by atoms with Crippen molar-refractivity contribution in [2.24, 2.45) is 4.99 Å². The molecule has 1 aliphatic rings. The number of amidine groups is 1. The summed E-state index contributed by atoms with van der Waals surface area (Å²) in [6, 6.07) is 5.83. The van der Waals surface area contributed by atoms with E-state index in [9.17, 15) is 4.79 Å². The molecule has 0 aliphatic carbocycles. The molecule has 0 radical (unpaired) electrons. The maximum atomic E-state index is 12.1. The Morgan fingerprint density at radius 2 is 2.23 bits per heavy atom. The molecule has 0 N–H and O–H groups in total. The summed E-state index contributed by atoms with van der Waals surface area (Å²) in [5, 5.41) is 0.715. The largest absolute Gasteiger partial charge is 0.490 e. The van der Waals surface area contributed by atoms with Crippen LogP contribution < -0.4 is 4.74 Å². The van der Waals surface area contributed by atoms with Crippen molar-refractivity contribution in [1.82, 2.24) is 4.90 Å². The van der Waals surface area contributed by atoms with E-state index >= 15 is 0 Å². The van der Waals surface area contributed by atoms with Crippen molar-refractivity contribution in [2.45, 2.75) is 26.4 Å². The lowest BCUT2D eigenvalue weighted by Gasteiger charge is -2.14. The van der Waals surface area contributed by atoms with Gasteiger partial charge in [0.2, 0.25) is 0 Å². The molecule has 4 nitrogen and oxygen atoms in total. The first-order valence-electron chi connectivity index (χ1n) is 7.06. The fraction of sp³-hybridized carbons (Fsp3) is 0.375. The molecular weight excluding hydrogens is 364 g/mol. The van der Waals surface area contributed by atoms with Gasteiger partial charge in [-0.25, -0.2) is 0 Å². The number of rotatable bonds is 4. The first kappa shape index (κ1) is 17.1. The minimum absolute atomic E-state index is 0.0262. The monoisotopic (exact) mass is 382 g/mol. The number of hydrogen-bond acceptors (Lipinski definition) is 4. The van der Waals surface area contributed by atoms with Crippen molar-refractivity contribution in [3.8, 4) is 5.75 Å². The second-order valence-corrected chi connectivity index (χ2v) is 6.87. The fourth-order valence-electron chi connectivity index (χ4n) is 1.90. The highest BCUT2D eigenvalue weighted by molar-refractivity contribution is 9.10.